The molecule has 4 rings (SSSR count). The molecule has 0 unspecified atom stereocenters. The van der Waals surface area contributed by atoms with Crippen LogP contribution in [-0.2, 0) is 18.9 Å². The maximum atomic E-state index is 12.3. The van der Waals surface area contributed by atoms with Crippen molar-refractivity contribution >= 4 is 71.5 Å². The van der Waals surface area contributed by atoms with Gasteiger partial charge < -0.3 is 14.4 Å². The zero-order chi connectivity index (χ0) is 43.3. The molecule has 0 saturated heterocycles. The monoisotopic (exact) mass is 817 g/mol. The van der Waals surface area contributed by atoms with Gasteiger partial charge in [-0.15, -0.1) is 16.3 Å². The first-order chi connectivity index (χ1) is 27.1. The van der Waals surface area contributed by atoms with Gasteiger partial charge in [-0.2, -0.15) is 0 Å². The number of aliphatic imine (C=N–C) groups is 1. The number of carbonyl (C=O) groups excluding carboxylic acids is 4. The SMILES string of the molecule is CNc1ccc(C2=CCN(C(=BOC#N)NC(=O)OC(C)(C)C)CC2)cc1.Cc1sc(C=O)cc1C1=CCN(/C(=N/C(=O)OC(C)(C)C)NC(=O)OC(C)(C)C)CC1. The number of alkyl carbamates (subject to hydrolysis) is 2. The van der Waals surface area contributed by atoms with Gasteiger partial charge in [-0.05, 0) is 72.1 Å². The van der Waals surface area contributed by atoms with Crippen LogP contribution in [0.4, 0.5) is 20.1 Å². The normalized spacial score (nSPS) is 14.9. The minimum absolute atomic E-state index is 0.0782. The van der Waals surface area contributed by atoms with Gasteiger partial charge in [0.15, 0.2) is 6.29 Å². The Labute approximate surface area is 346 Å². The second kappa shape index (κ2) is 20.7. The summed E-state index contributed by atoms with van der Waals surface area (Å²) in [7, 11) is 3.12. The molecule has 0 bridgehead atoms. The molecule has 2 aliphatic heterocycles. The second-order valence-corrected chi connectivity index (χ2v) is 17.6. The number of aryl methyl sites for hydroxylation is 1. The summed E-state index contributed by atoms with van der Waals surface area (Å²) >= 11 is 1.46. The minimum Gasteiger partial charge on any atom is -0.444 e. The number of nitrogens with one attached hydrogen (secondary N) is 3. The zero-order valence-electron chi connectivity index (χ0n) is 35.4. The second-order valence-electron chi connectivity index (χ2n) is 16.3. The number of ether oxygens (including phenoxy) is 3. The van der Waals surface area contributed by atoms with Crippen molar-refractivity contribution in [3.05, 3.63) is 63.4 Å². The van der Waals surface area contributed by atoms with E-state index in [1.165, 1.54) is 29.6 Å². The Morgan fingerprint density at radius 3 is 1.88 bits per heavy atom. The standard InChI is InChI=1S/C22H31N3O5S.C19H25BN4O3/c1-14-17(12-16(13-26)31-14)15-8-10-25(11-9-15)18(23-19(27)29-21(2,3)4)24-20(28)30-22(5,6)7;1-19(2,3)27-18(25)23-17(20-26-13-21)24-11-9-15(10-12-24)14-5-7-16(22-4)8-6-14/h8,12-13H,9-11H2,1-7H3,(H,23,24,27,28);5-9,22H,10-12H2,1-4H3,(H,23,25). The summed E-state index contributed by atoms with van der Waals surface area (Å²) in [5.41, 5.74) is 4.04. The van der Waals surface area contributed by atoms with Gasteiger partial charge >= 0.3 is 172 Å². The number of aldehydes is 1. The molecule has 2 aliphatic rings. The predicted octanol–water partition coefficient (Wildman–Crippen LogP) is 7.32. The Balaban J connectivity index is 0.000000313. The van der Waals surface area contributed by atoms with Gasteiger partial charge in [-0.1, -0.05) is 6.08 Å². The quantitative estimate of drug-likeness (QED) is 0.0633. The Morgan fingerprint density at radius 1 is 0.845 bits per heavy atom. The van der Waals surface area contributed by atoms with E-state index in [1.807, 2.05) is 43.1 Å². The molecule has 0 fully saturated rings. The van der Waals surface area contributed by atoms with E-state index in [4.69, 9.17) is 24.1 Å². The molecule has 3 heterocycles. The van der Waals surface area contributed by atoms with E-state index < -0.39 is 35.1 Å². The third-order valence-corrected chi connectivity index (χ3v) is 9.03. The van der Waals surface area contributed by atoms with Crippen LogP contribution in [0.3, 0.4) is 0 Å². The van der Waals surface area contributed by atoms with Crippen LogP contribution < -0.4 is 16.0 Å². The first-order valence-corrected chi connectivity index (χ1v) is 19.7. The smallest absolute Gasteiger partial charge is 0.437 e. The number of thiophene rings is 1. The number of rotatable bonds is 7. The predicted molar refractivity (Wildman–Crippen MR) is 229 cm³/mol. The summed E-state index contributed by atoms with van der Waals surface area (Å²) in [5.74, 6) is 0.0782. The van der Waals surface area contributed by atoms with Crippen molar-refractivity contribution in [1.82, 2.24) is 20.4 Å². The van der Waals surface area contributed by atoms with Gasteiger partial charge in [0, 0.05) is 18.0 Å². The van der Waals surface area contributed by atoms with Crippen LogP contribution in [0.15, 0.2) is 47.5 Å². The van der Waals surface area contributed by atoms with Crippen molar-refractivity contribution in [2.24, 2.45) is 4.99 Å². The van der Waals surface area contributed by atoms with Crippen molar-refractivity contribution in [3.63, 3.8) is 0 Å². The molecular weight excluding hydrogens is 761 g/mol. The summed E-state index contributed by atoms with van der Waals surface area (Å²) in [6, 6.07) is 10.1. The summed E-state index contributed by atoms with van der Waals surface area (Å²) in [4.78, 5) is 57.2. The van der Waals surface area contributed by atoms with Gasteiger partial charge in [0.2, 0.25) is 5.96 Å². The van der Waals surface area contributed by atoms with E-state index in [0.29, 0.717) is 43.2 Å². The van der Waals surface area contributed by atoms with Crippen LogP contribution in [0.25, 0.3) is 11.1 Å². The molecule has 0 radical (unpaired) electrons. The number of nitrogens with zero attached hydrogens (tertiary/aromatic N) is 4. The van der Waals surface area contributed by atoms with E-state index in [1.54, 1.807) is 73.5 Å². The summed E-state index contributed by atoms with van der Waals surface area (Å²) in [6.07, 6.45) is 5.94. The molecule has 1 aromatic carbocycles. The van der Waals surface area contributed by atoms with E-state index in [2.05, 4.69) is 39.2 Å². The number of anilines is 1. The largest absolute Gasteiger partial charge is 0.444 e. The Morgan fingerprint density at radius 2 is 1.40 bits per heavy atom. The van der Waals surface area contributed by atoms with E-state index in [-0.39, 0.29) is 5.96 Å². The van der Waals surface area contributed by atoms with Crippen molar-refractivity contribution < 1.29 is 38.0 Å². The average molecular weight is 818 g/mol. The van der Waals surface area contributed by atoms with Crippen LogP contribution in [-0.4, -0.2) is 103 Å². The van der Waals surface area contributed by atoms with Gasteiger partial charge in [0.05, 0.1) is 4.88 Å². The third-order valence-electron chi connectivity index (χ3n) is 8.06. The molecule has 17 heteroatoms. The fourth-order valence-corrected chi connectivity index (χ4v) is 6.48. The maximum absolute atomic E-state index is 12.3. The molecule has 58 heavy (non-hydrogen) atoms. The van der Waals surface area contributed by atoms with Gasteiger partial charge in [-0.3, -0.25) is 10.1 Å². The first-order valence-electron chi connectivity index (χ1n) is 18.9. The number of guanidine groups is 1. The summed E-state index contributed by atoms with van der Waals surface area (Å²) < 4.78 is 20.6. The maximum Gasteiger partial charge on any atom is 0.437 e. The van der Waals surface area contributed by atoms with E-state index in [0.717, 1.165) is 34.4 Å². The molecule has 15 nitrogen and oxygen atoms in total. The van der Waals surface area contributed by atoms with Crippen LogP contribution in [0.2, 0.25) is 0 Å². The van der Waals surface area contributed by atoms with Gasteiger partial charge in [0.1, 0.15) is 11.2 Å². The summed E-state index contributed by atoms with van der Waals surface area (Å²) in [6.45, 7) is 20.1. The van der Waals surface area contributed by atoms with E-state index >= 15 is 0 Å². The van der Waals surface area contributed by atoms with Crippen LogP contribution in [0.1, 0.15) is 101 Å². The molecule has 0 spiro atoms. The Kier molecular flexibility index (Phi) is 16.7. The number of benzene rings is 1. The molecule has 2 aromatic rings. The van der Waals surface area contributed by atoms with Gasteiger partial charge in [0.25, 0.3) is 0 Å². The number of nitriles is 1. The Hall–Kier alpha value is -5.63. The van der Waals surface area contributed by atoms with Crippen LogP contribution in [0.5, 0.6) is 0 Å². The fraction of sp³-hybridized carbons (Fsp3) is 0.488. The molecule has 312 valence electrons. The molecule has 0 saturated carbocycles. The fourth-order valence-electron chi connectivity index (χ4n) is 5.61. The van der Waals surface area contributed by atoms with Crippen molar-refractivity contribution in [1.29, 1.82) is 5.26 Å². The topological polar surface area (TPSA) is 184 Å². The number of hydrogen-bond acceptors (Lipinski definition) is 12. The number of carbonyl (C=O) groups is 4. The first kappa shape index (κ1) is 46.8. The van der Waals surface area contributed by atoms with Crippen molar-refractivity contribution in [2.45, 2.75) is 98.9 Å². The zero-order valence-corrected chi connectivity index (χ0v) is 36.2. The van der Waals surface area contributed by atoms with Crippen LogP contribution >= 0.6 is 11.3 Å². The molecule has 0 aliphatic carbocycles. The van der Waals surface area contributed by atoms with E-state index in [9.17, 15) is 19.2 Å². The minimum atomic E-state index is -0.794. The number of hydrogen-bond donors (Lipinski definition) is 3. The van der Waals surface area contributed by atoms with Crippen molar-refractivity contribution in [3.8, 4) is 6.26 Å². The summed E-state index contributed by atoms with van der Waals surface area (Å²) in [5, 5.41) is 17.0. The third kappa shape index (κ3) is 16.1. The van der Waals surface area contributed by atoms with Gasteiger partial charge in [-0.25, -0.2) is 9.59 Å². The Bertz CT molecular complexity index is 1950. The van der Waals surface area contributed by atoms with Crippen LogP contribution in [0, 0.1) is 18.4 Å². The molecular formula is C41H56BN7O8S. The number of amides is 3. The molecule has 1 aromatic heterocycles. The molecule has 0 atom stereocenters. The molecule has 3 N–H and O–H groups in total. The molecule has 3 amide bonds. The van der Waals surface area contributed by atoms with Crippen molar-refractivity contribution in [2.75, 3.05) is 38.5 Å². The average Bonchev–Trinajstić information content (AvgIpc) is 3.51.